The average Bonchev–Trinajstić information content (AvgIpc) is 2.82. The van der Waals surface area contributed by atoms with Gasteiger partial charge < -0.3 is 4.74 Å². The number of benzene rings is 4. The van der Waals surface area contributed by atoms with E-state index in [1.54, 1.807) is 19.2 Å². The summed E-state index contributed by atoms with van der Waals surface area (Å²) < 4.78 is 33.3. The molecule has 0 fully saturated rings. The summed E-state index contributed by atoms with van der Waals surface area (Å²) in [5, 5.41) is 1.59. The highest BCUT2D eigenvalue weighted by Crippen LogP contribution is 2.24. The van der Waals surface area contributed by atoms with E-state index in [1.165, 1.54) is 28.8 Å². The Balaban J connectivity index is 1.40. The minimum atomic E-state index is -0.250. The zero-order valence-corrected chi connectivity index (χ0v) is 18.4. The van der Waals surface area contributed by atoms with Gasteiger partial charge in [0, 0.05) is 12.5 Å². The number of ether oxygens (including phenoxy) is 1. The van der Waals surface area contributed by atoms with Gasteiger partial charge in [0.1, 0.15) is 11.6 Å². The molecule has 4 aromatic rings. The number of hydrogen-bond donors (Lipinski definition) is 0. The van der Waals surface area contributed by atoms with Crippen molar-refractivity contribution in [3.63, 3.8) is 0 Å². The lowest BCUT2D eigenvalue weighted by atomic mass is 9.97. The molecule has 0 heterocycles. The first-order valence-electron chi connectivity index (χ1n) is 11.1. The first-order valence-corrected chi connectivity index (χ1v) is 11.1. The summed E-state index contributed by atoms with van der Waals surface area (Å²) in [4.78, 5) is 0. The third-order valence-electron chi connectivity index (χ3n) is 6.01. The molecule has 0 amide bonds. The van der Waals surface area contributed by atoms with E-state index in [-0.39, 0.29) is 11.6 Å². The van der Waals surface area contributed by atoms with Gasteiger partial charge in [-0.05, 0) is 77.4 Å². The summed E-state index contributed by atoms with van der Waals surface area (Å²) >= 11 is 0. The van der Waals surface area contributed by atoms with Crippen LogP contribution in [0.1, 0.15) is 27.8 Å². The van der Waals surface area contributed by atoms with Gasteiger partial charge in [-0.1, -0.05) is 66.7 Å². The van der Waals surface area contributed by atoms with E-state index in [9.17, 15) is 4.39 Å². The molecule has 0 saturated carbocycles. The molecule has 0 N–H and O–H groups in total. The van der Waals surface area contributed by atoms with Gasteiger partial charge in [-0.15, -0.1) is 0 Å². The Bertz CT molecular complexity index is 1160. The third kappa shape index (κ3) is 5.60. The van der Waals surface area contributed by atoms with Gasteiger partial charge in [-0.3, -0.25) is 0 Å². The Morgan fingerprint density at radius 2 is 1.16 bits per heavy atom. The monoisotopic (exact) mass is 430 g/mol. The zero-order chi connectivity index (χ0) is 22.3. The van der Waals surface area contributed by atoms with Crippen molar-refractivity contribution in [3.05, 3.63) is 118 Å². The average molecular weight is 431 g/mol. The molecule has 1 nitrogen and oxygen atoms in total. The maximum Gasteiger partial charge on any atom is 0.134 e. The number of halogens is 2. The van der Waals surface area contributed by atoms with Gasteiger partial charge in [0.2, 0.25) is 0 Å². The Morgan fingerprint density at radius 1 is 0.594 bits per heavy atom. The van der Waals surface area contributed by atoms with E-state index in [0.717, 1.165) is 36.8 Å². The zero-order valence-electron chi connectivity index (χ0n) is 18.4. The third-order valence-corrected chi connectivity index (χ3v) is 6.01. The largest absolute Gasteiger partial charge is 0.384 e. The first kappa shape index (κ1) is 22.2. The van der Waals surface area contributed by atoms with Crippen molar-refractivity contribution < 1.29 is 13.5 Å². The smallest absolute Gasteiger partial charge is 0.134 e. The molecule has 0 atom stereocenters. The second kappa shape index (κ2) is 10.5. The molecule has 0 unspecified atom stereocenters. The molecule has 3 heteroatoms. The molecule has 0 saturated heterocycles. The first-order chi connectivity index (χ1) is 15.6. The van der Waals surface area contributed by atoms with Crippen molar-refractivity contribution in [3.8, 4) is 0 Å². The molecule has 4 rings (SSSR count). The van der Waals surface area contributed by atoms with Gasteiger partial charge in [0.15, 0.2) is 0 Å². The van der Waals surface area contributed by atoms with Crippen LogP contribution in [0, 0.1) is 11.6 Å². The predicted octanol–water partition coefficient (Wildman–Crippen LogP) is 6.88. The highest BCUT2D eigenvalue weighted by molar-refractivity contribution is 5.84. The highest BCUT2D eigenvalue weighted by Gasteiger charge is 2.09. The van der Waals surface area contributed by atoms with Crippen LogP contribution in [0.15, 0.2) is 78.9 Å². The maximum absolute atomic E-state index is 15.1. The molecular formula is C29H28F2O. The van der Waals surface area contributed by atoms with Crippen LogP contribution in [-0.2, 0) is 36.8 Å². The number of rotatable bonds is 9. The van der Waals surface area contributed by atoms with E-state index in [1.807, 2.05) is 24.3 Å². The fourth-order valence-electron chi connectivity index (χ4n) is 4.05. The van der Waals surface area contributed by atoms with Crippen LogP contribution in [0.3, 0.4) is 0 Å². The molecule has 0 bridgehead atoms. The van der Waals surface area contributed by atoms with Crippen molar-refractivity contribution in [2.75, 3.05) is 13.7 Å². The van der Waals surface area contributed by atoms with Crippen molar-refractivity contribution >= 4 is 10.8 Å². The van der Waals surface area contributed by atoms with Gasteiger partial charge >= 0.3 is 0 Å². The second-order valence-corrected chi connectivity index (χ2v) is 8.28. The van der Waals surface area contributed by atoms with Gasteiger partial charge in [-0.25, -0.2) is 8.78 Å². The summed E-state index contributed by atoms with van der Waals surface area (Å²) in [5.74, 6) is -0.400. The molecule has 0 aromatic heterocycles. The molecule has 0 aliphatic heterocycles. The molecule has 164 valence electrons. The number of fused-ring (bicyclic) bond motifs is 1. The maximum atomic E-state index is 15.1. The molecule has 0 aliphatic carbocycles. The summed E-state index contributed by atoms with van der Waals surface area (Å²) in [6.45, 7) is 0.737. The van der Waals surface area contributed by atoms with Crippen molar-refractivity contribution in [1.82, 2.24) is 0 Å². The standard InChI is InChI=1S/C29H28F2O/c1-32-19-18-23-4-2-21(3-5-23)6-7-24-11-17-28-26(20-24)14-13-25(29(28)31)12-8-22-9-15-27(30)16-10-22/h2-5,9-11,13-17,20H,6-8,12,18-19H2,1H3. The summed E-state index contributed by atoms with van der Waals surface area (Å²) in [7, 11) is 1.72. The van der Waals surface area contributed by atoms with Crippen LogP contribution >= 0.6 is 0 Å². The Hall–Kier alpha value is -3.04. The van der Waals surface area contributed by atoms with Crippen LogP contribution in [-0.4, -0.2) is 13.7 Å². The summed E-state index contributed by atoms with van der Waals surface area (Å²) in [6.07, 6.45) is 4.08. The van der Waals surface area contributed by atoms with E-state index in [4.69, 9.17) is 4.74 Å². The minimum Gasteiger partial charge on any atom is -0.384 e. The van der Waals surface area contributed by atoms with E-state index in [2.05, 4.69) is 30.3 Å². The van der Waals surface area contributed by atoms with E-state index < -0.39 is 0 Å². The Labute approximate surface area is 188 Å². The second-order valence-electron chi connectivity index (χ2n) is 8.28. The van der Waals surface area contributed by atoms with Crippen LogP contribution in [0.4, 0.5) is 8.78 Å². The van der Waals surface area contributed by atoms with Crippen LogP contribution < -0.4 is 0 Å². The highest BCUT2D eigenvalue weighted by atomic mass is 19.1. The van der Waals surface area contributed by atoms with Crippen LogP contribution in [0.25, 0.3) is 10.8 Å². The lowest BCUT2D eigenvalue weighted by molar-refractivity contribution is 0.202. The SMILES string of the molecule is COCCc1ccc(CCc2ccc3c(F)c(CCc4ccc(F)cc4)ccc3c2)cc1. The molecule has 32 heavy (non-hydrogen) atoms. The molecular weight excluding hydrogens is 402 g/mol. The summed E-state index contributed by atoms with van der Waals surface area (Å²) in [5.41, 5.74) is 5.50. The topological polar surface area (TPSA) is 9.23 Å². The molecule has 4 aromatic carbocycles. The number of hydrogen-bond acceptors (Lipinski definition) is 1. The van der Waals surface area contributed by atoms with Gasteiger partial charge in [0.05, 0.1) is 6.61 Å². The fourth-order valence-corrected chi connectivity index (χ4v) is 4.05. The summed E-state index contributed by atoms with van der Waals surface area (Å²) in [6, 6.07) is 25.0. The van der Waals surface area contributed by atoms with Gasteiger partial charge in [0.25, 0.3) is 0 Å². The van der Waals surface area contributed by atoms with E-state index in [0.29, 0.717) is 23.8 Å². The number of aryl methyl sites for hydroxylation is 4. The number of methoxy groups -OCH3 is 1. The quantitative estimate of drug-likeness (QED) is 0.281. The van der Waals surface area contributed by atoms with E-state index >= 15 is 4.39 Å². The van der Waals surface area contributed by atoms with Crippen LogP contribution in [0.5, 0.6) is 0 Å². The lowest BCUT2D eigenvalue weighted by Gasteiger charge is -2.09. The van der Waals surface area contributed by atoms with Crippen molar-refractivity contribution in [2.24, 2.45) is 0 Å². The Morgan fingerprint density at radius 3 is 1.84 bits per heavy atom. The molecule has 0 aliphatic rings. The Kier molecular flexibility index (Phi) is 7.28. The lowest BCUT2D eigenvalue weighted by Crippen LogP contribution is -1.97. The predicted molar refractivity (Wildman–Crippen MR) is 127 cm³/mol. The minimum absolute atomic E-state index is 0.150. The fraction of sp³-hybridized carbons (Fsp3) is 0.241. The van der Waals surface area contributed by atoms with Crippen molar-refractivity contribution in [1.29, 1.82) is 0 Å². The van der Waals surface area contributed by atoms with Crippen LogP contribution in [0.2, 0.25) is 0 Å². The normalized spacial score (nSPS) is 11.2. The van der Waals surface area contributed by atoms with Crippen molar-refractivity contribution in [2.45, 2.75) is 32.1 Å². The molecule has 0 spiro atoms. The van der Waals surface area contributed by atoms with Gasteiger partial charge in [-0.2, -0.15) is 0 Å². The molecule has 0 radical (unpaired) electrons.